The quantitative estimate of drug-likeness (QED) is 0.492. The number of para-hydroxylation sites is 1. The summed E-state index contributed by atoms with van der Waals surface area (Å²) in [6, 6.07) is 15.1. The van der Waals surface area contributed by atoms with Gasteiger partial charge in [0.05, 0.1) is 11.6 Å². The first-order chi connectivity index (χ1) is 17.9. The highest BCUT2D eigenvalue weighted by Gasteiger charge is 2.54. The first-order valence-electron chi connectivity index (χ1n) is 12.6. The van der Waals surface area contributed by atoms with Gasteiger partial charge in [0.15, 0.2) is 0 Å². The number of likely N-dealkylation sites (tertiary alicyclic amines) is 2. The van der Waals surface area contributed by atoms with Crippen molar-refractivity contribution in [3.63, 3.8) is 0 Å². The van der Waals surface area contributed by atoms with Crippen LogP contribution < -0.4 is 10.2 Å². The Morgan fingerprint density at radius 2 is 1.57 bits per heavy atom. The van der Waals surface area contributed by atoms with Crippen molar-refractivity contribution >= 4 is 34.9 Å². The minimum absolute atomic E-state index is 0.0178. The van der Waals surface area contributed by atoms with E-state index in [0.29, 0.717) is 38.3 Å². The van der Waals surface area contributed by atoms with Crippen molar-refractivity contribution in [3.8, 4) is 0 Å². The minimum Gasteiger partial charge on any atom is -0.341 e. The summed E-state index contributed by atoms with van der Waals surface area (Å²) in [4.78, 5) is 57.2. The third-order valence-electron chi connectivity index (χ3n) is 7.57. The molecule has 0 unspecified atom stereocenters. The molecule has 194 valence electrons. The lowest BCUT2D eigenvalue weighted by molar-refractivity contribution is -0.384. The fraction of sp³-hybridized carbons (Fsp3) is 0.423. The summed E-state index contributed by atoms with van der Waals surface area (Å²) < 4.78 is 0. The van der Waals surface area contributed by atoms with Crippen molar-refractivity contribution in [2.24, 2.45) is 0 Å². The van der Waals surface area contributed by atoms with Crippen molar-refractivity contribution in [1.82, 2.24) is 14.7 Å². The number of benzene rings is 2. The van der Waals surface area contributed by atoms with Crippen LogP contribution in [0.2, 0.25) is 0 Å². The molecule has 11 nitrogen and oxygen atoms in total. The summed E-state index contributed by atoms with van der Waals surface area (Å²) in [5.41, 5.74) is 0.504. The van der Waals surface area contributed by atoms with E-state index in [0.717, 1.165) is 31.6 Å². The number of rotatable bonds is 5. The lowest BCUT2D eigenvalue weighted by atomic mass is 9.85. The molecular weight excluding hydrogens is 476 g/mol. The fourth-order valence-corrected chi connectivity index (χ4v) is 5.50. The Morgan fingerprint density at radius 3 is 2.19 bits per heavy atom. The van der Waals surface area contributed by atoms with Crippen LogP contribution in [0.1, 0.15) is 25.7 Å². The van der Waals surface area contributed by atoms with E-state index in [4.69, 9.17) is 0 Å². The van der Waals surface area contributed by atoms with Gasteiger partial charge >= 0.3 is 6.03 Å². The van der Waals surface area contributed by atoms with Gasteiger partial charge in [0.25, 0.3) is 11.6 Å². The zero-order valence-electron chi connectivity index (χ0n) is 20.5. The number of urea groups is 1. The number of nitro groups is 1. The maximum Gasteiger partial charge on any atom is 0.321 e. The van der Waals surface area contributed by atoms with Gasteiger partial charge in [-0.05, 0) is 49.9 Å². The summed E-state index contributed by atoms with van der Waals surface area (Å²) in [5, 5.41) is 13.6. The lowest BCUT2D eigenvalue weighted by Gasteiger charge is -2.43. The number of hydrogen-bond acceptors (Lipinski definition) is 6. The number of non-ortho nitro benzene ring substituents is 1. The molecule has 0 aromatic heterocycles. The van der Waals surface area contributed by atoms with Crippen LogP contribution in [0.5, 0.6) is 0 Å². The molecule has 3 aliphatic heterocycles. The molecule has 0 bridgehead atoms. The van der Waals surface area contributed by atoms with Crippen LogP contribution in [0.3, 0.4) is 0 Å². The van der Waals surface area contributed by atoms with E-state index in [9.17, 15) is 24.5 Å². The molecule has 0 radical (unpaired) electrons. The standard InChI is InChI=1S/C26H30N6O5/c33-23(28-14-4-5-15-28)18-30-19-31(21-6-2-1-3-7-21)26(24(30)34)12-16-29(17-13-26)25(35)27-20-8-10-22(11-9-20)32(36)37/h1-3,6-11H,4-5,12-19H2,(H,27,35). The Hall–Kier alpha value is -4.15. The van der Waals surface area contributed by atoms with Gasteiger partial charge in [-0.25, -0.2) is 4.79 Å². The summed E-state index contributed by atoms with van der Waals surface area (Å²) in [5.74, 6) is -0.0878. The van der Waals surface area contributed by atoms with Crippen LogP contribution in [-0.2, 0) is 9.59 Å². The number of carbonyl (C=O) groups excluding carboxylic acids is 3. The molecule has 2 aromatic carbocycles. The van der Waals surface area contributed by atoms with Crippen LogP contribution in [0, 0.1) is 10.1 Å². The van der Waals surface area contributed by atoms with Gasteiger partial charge in [-0.3, -0.25) is 19.7 Å². The van der Waals surface area contributed by atoms with E-state index in [1.165, 1.54) is 24.3 Å². The van der Waals surface area contributed by atoms with E-state index in [1.807, 2.05) is 35.2 Å². The molecule has 0 saturated carbocycles. The highest BCUT2D eigenvalue weighted by atomic mass is 16.6. The third kappa shape index (κ3) is 4.81. The van der Waals surface area contributed by atoms with Gasteiger partial charge in [-0.1, -0.05) is 18.2 Å². The second kappa shape index (κ2) is 10.1. The van der Waals surface area contributed by atoms with Crippen LogP contribution in [0.4, 0.5) is 21.9 Å². The number of nitrogens with one attached hydrogen (secondary N) is 1. The average molecular weight is 507 g/mol. The molecule has 4 amide bonds. The zero-order chi connectivity index (χ0) is 26.0. The van der Waals surface area contributed by atoms with E-state index in [-0.39, 0.29) is 30.1 Å². The van der Waals surface area contributed by atoms with Crippen molar-refractivity contribution in [3.05, 3.63) is 64.7 Å². The molecule has 0 aliphatic carbocycles. The van der Waals surface area contributed by atoms with Gasteiger partial charge in [-0.2, -0.15) is 0 Å². The number of nitrogens with zero attached hydrogens (tertiary/aromatic N) is 5. The Kier molecular flexibility index (Phi) is 6.68. The maximum absolute atomic E-state index is 13.8. The van der Waals surface area contributed by atoms with Gasteiger partial charge < -0.3 is 24.9 Å². The molecule has 5 rings (SSSR count). The molecule has 3 saturated heterocycles. The second-order valence-electron chi connectivity index (χ2n) is 9.75. The first kappa shape index (κ1) is 24.5. The molecule has 3 heterocycles. The van der Waals surface area contributed by atoms with Gasteiger partial charge in [0, 0.05) is 49.7 Å². The first-order valence-corrected chi connectivity index (χ1v) is 12.6. The molecular formula is C26H30N6O5. The van der Waals surface area contributed by atoms with Crippen LogP contribution in [0.15, 0.2) is 54.6 Å². The second-order valence-corrected chi connectivity index (χ2v) is 9.75. The Morgan fingerprint density at radius 1 is 0.919 bits per heavy atom. The zero-order valence-corrected chi connectivity index (χ0v) is 20.5. The minimum atomic E-state index is -0.823. The third-order valence-corrected chi connectivity index (χ3v) is 7.57. The lowest BCUT2D eigenvalue weighted by Crippen LogP contribution is -2.58. The summed E-state index contributed by atoms with van der Waals surface area (Å²) >= 11 is 0. The number of hydrogen-bond donors (Lipinski definition) is 1. The van der Waals surface area contributed by atoms with Crippen molar-refractivity contribution < 1.29 is 19.3 Å². The molecule has 1 N–H and O–H groups in total. The van der Waals surface area contributed by atoms with E-state index in [1.54, 1.807) is 9.80 Å². The maximum atomic E-state index is 13.8. The summed E-state index contributed by atoms with van der Waals surface area (Å²) in [7, 11) is 0. The van der Waals surface area contributed by atoms with Gasteiger partial charge in [0.2, 0.25) is 5.91 Å². The molecule has 11 heteroatoms. The van der Waals surface area contributed by atoms with E-state index in [2.05, 4.69) is 10.2 Å². The largest absolute Gasteiger partial charge is 0.341 e. The topological polar surface area (TPSA) is 119 Å². The van der Waals surface area contributed by atoms with Crippen LogP contribution >= 0.6 is 0 Å². The fourth-order valence-electron chi connectivity index (χ4n) is 5.50. The number of nitro benzene ring substituents is 1. The highest BCUT2D eigenvalue weighted by molar-refractivity contribution is 5.97. The summed E-state index contributed by atoms with van der Waals surface area (Å²) in [6.07, 6.45) is 2.86. The van der Waals surface area contributed by atoms with E-state index < -0.39 is 10.5 Å². The van der Waals surface area contributed by atoms with Crippen molar-refractivity contribution in [2.45, 2.75) is 31.2 Å². The SMILES string of the molecule is O=C(CN1CN(c2ccccc2)C2(CCN(C(=O)Nc3ccc([N+](=O)[O-])cc3)CC2)C1=O)N1CCCC1. The Balaban J connectivity index is 1.29. The van der Waals surface area contributed by atoms with Crippen molar-refractivity contribution in [2.75, 3.05) is 49.6 Å². The highest BCUT2D eigenvalue weighted by Crippen LogP contribution is 2.39. The molecule has 3 aliphatic rings. The van der Waals surface area contributed by atoms with Gasteiger partial charge in [-0.15, -0.1) is 0 Å². The average Bonchev–Trinajstić information content (AvgIpc) is 3.54. The number of carbonyl (C=O) groups is 3. The molecule has 1 spiro atoms. The summed E-state index contributed by atoms with van der Waals surface area (Å²) in [6.45, 7) is 2.61. The number of piperidine rings is 1. The van der Waals surface area contributed by atoms with E-state index >= 15 is 0 Å². The Labute approximate surface area is 214 Å². The molecule has 0 atom stereocenters. The van der Waals surface area contributed by atoms with Crippen LogP contribution in [0.25, 0.3) is 0 Å². The Bertz CT molecular complexity index is 1170. The molecule has 2 aromatic rings. The van der Waals surface area contributed by atoms with Crippen LogP contribution in [-0.4, -0.2) is 82.4 Å². The number of amides is 4. The molecule has 3 fully saturated rings. The number of anilines is 2. The normalized spacial score (nSPS) is 19.0. The monoisotopic (exact) mass is 506 g/mol. The smallest absolute Gasteiger partial charge is 0.321 e. The predicted molar refractivity (Wildman–Crippen MR) is 137 cm³/mol. The van der Waals surface area contributed by atoms with Crippen molar-refractivity contribution in [1.29, 1.82) is 0 Å². The van der Waals surface area contributed by atoms with Gasteiger partial charge in [0.1, 0.15) is 12.1 Å². The molecule has 37 heavy (non-hydrogen) atoms. The predicted octanol–water partition coefficient (Wildman–Crippen LogP) is 2.89.